The molecule has 2 atom stereocenters. The second kappa shape index (κ2) is 5.25. The maximum atomic E-state index is 12.1. The molecule has 2 aliphatic heterocycles. The maximum absolute atomic E-state index is 12.1. The van der Waals surface area contributed by atoms with Gasteiger partial charge in [-0.3, -0.25) is 4.98 Å². The molecule has 0 spiro atoms. The number of fused-ring (bicyclic) bond motifs is 3. The van der Waals surface area contributed by atoms with Crippen molar-refractivity contribution in [1.29, 1.82) is 0 Å². The number of carbonyl (C=O) groups excluding carboxylic acids is 1. The fourth-order valence-corrected chi connectivity index (χ4v) is 3.42. The summed E-state index contributed by atoms with van der Waals surface area (Å²) in [5.74, 6) is -0.293. The van der Waals surface area contributed by atoms with Crippen molar-refractivity contribution < 1.29 is 14.3 Å². The number of hydrogen-bond acceptors (Lipinski definition) is 5. The van der Waals surface area contributed by atoms with Crippen molar-refractivity contribution in [2.24, 2.45) is 0 Å². The smallest absolute Gasteiger partial charge is 0.338 e. The molecule has 0 amide bonds. The Labute approximate surface area is 128 Å². The molecule has 1 aromatic carbocycles. The average molecular weight is 298 g/mol. The molecule has 4 rings (SSSR count). The zero-order valence-electron chi connectivity index (χ0n) is 12.5. The Bertz CT molecular complexity index is 731. The Morgan fingerprint density at radius 1 is 1.45 bits per heavy atom. The Hall–Kier alpha value is -2.14. The number of esters is 1. The highest BCUT2D eigenvalue weighted by Crippen LogP contribution is 2.34. The average Bonchev–Trinajstić information content (AvgIpc) is 3.17. The van der Waals surface area contributed by atoms with E-state index in [0.717, 1.165) is 36.2 Å². The fourth-order valence-electron chi connectivity index (χ4n) is 3.42. The minimum Gasteiger partial charge on any atom is -0.462 e. The van der Waals surface area contributed by atoms with Crippen molar-refractivity contribution >= 4 is 22.6 Å². The molecule has 2 saturated heterocycles. The standard InChI is InChI=1S/C17H18N2O3/c1-2-21-17(20)14-5-6-18-16-4-3-11(8-15(14)16)19-9-13-7-12(19)10-22-13/h3-6,8,12-13H,2,7,9-10H2,1H3/t12-,13-/m0/s1. The maximum Gasteiger partial charge on any atom is 0.338 e. The van der Waals surface area contributed by atoms with E-state index in [1.54, 1.807) is 12.3 Å². The normalized spacial score (nSPS) is 23.2. The first-order valence-corrected chi connectivity index (χ1v) is 7.70. The van der Waals surface area contributed by atoms with Crippen LogP contribution >= 0.6 is 0 Å². The van der Waals surface area contributed by atoms with E-state index in [4.69, 9.17) is 9.47 Å². The SMILES string of the molecule is CCOC(=O)c1ccnc2ccc(N3C[C@@H]4C[C@H]3CO4)cc12. The van der Waals surface area contributed by atoms with Gasteiger partial charge in [0.2, 0.25) is 0 Å². The van der Waals surface area contributed by atoms with Crippen LogP contribution < -0.4 is 4.90 Å². The summed E-state index contributed by atoms with van der Waals surface area (Å²) in [6.07, 6.45) is 3.09. The van der Waals surface area contributed by atoms with E-state index in [1.165, 1.54) is 0 Å². The first kappa shape index (κ1) is 13.5. The van der Waals surface area contributed by atoms with Crippen LogP contribution in [0.4, 0.5) is 5.69 Å². The number of benzene rings is 1. The summed E-state index contributed by atoms with van der Waals surface area (Å²) in [6.45, 7) is 3.90. The van der Waals surface area contributed by atoms with E-state index in [0.29, 0.717) is 24.3 Å². The topological polar surface area (TPSA) is 51.7 Å². The summed E-state index contributed by atoms with van der Waals surface area (Å²) < 4.78 is 10.8. The van der Waals surface area contributed by atoms with Gasteiger partial charge in [-0.05, 0) is 37.6 Å². The lowest BCUT2D eigenvalue weighted by atomic mass is 10.1. The predicted molar refractivity (Wildman–Crippen MR) is 83.2 cm³/mol. The Balaban J connectivity index is 1.76. The summed E-state index contributed by atoms with van der Waals surface area (Å²) in [4.78, 5) is 18.9. The molecule has 3 heterocycles. The molecule has 22 heavy (non-hydrogen) atoms. The van der Waals surface area contributed by atoms with Crippen LogP contribution in [-0.2, 0) is 9.47 Å². The summed E-state index contributed by atoms with van der Waals surface area (Å²) in [7, 11) is 0. The minimum absolute atomic E-state index is 0.293. The summed E-state index contributed by atoms with van der Waals surface area (Å²) in [5, 5.41) is 0.849. The van der Waals surface area contributed by atoms with Gasteiger partial charge >= 0.3 is 5.97 Å². The molecule has 5 heteroatoms. The number of anilines is 1. The molecule has 0 aliphatic carbocycles. The predicted octanol–water partition coefficient (Wildman–Crippen LogP) is 2.39. The molecule has 0 saturated carbocycles. The van der Waals surface area contributed by atoms with Crippen LogP contribution in [0.3, 0.4) is 0 Å². The molecule has 114 valence electrons. The van der Waals surface area contributed by atoms with Gasteiger partial charge in [0.25, 0.3) is 0 Å². The van der Waals surface area contributed by atoms with Crippen LogP contribution in [0.15, 0.2) is 30.5 Å². The van der Waals surface area contributed by atoms with Gasteiger partial charge < -0.3 is 14.4 Å². The van der Waals surface area contributed by atoms with Gasteiger partial charge in [0, 0.05) is 23.8 Å². The van der Waals surface area contributed by atoms with Crippen LogP contribution in [0.2, 0.25) is 0 Å². The van der Waals surface area contributed by atoms with Crippen LogP contribution in [0.25, 0.3) is 10.9 Å². The molecule has 0 N–H and O–H groups in total. The number of pyridine rings is 1. The van der Waals surface area contributed by atoms with E-state index in [-0.39, 0.29) is 5.97 Å². The molecule has 2 bridgehead atoms. The van der Waals surface area contributed by atoms with Gasteiger partial charge in [-0.2, -0.15) is 0 Å². The van der Waals surface area contributed by atoms with Gasteiger partial charge in [-0.15, -0.1) is 0 Å². The molecular formula is C17H18N2O3. The van der Waals surface area contributed by atoms with Crippen LogP contribution in [0.1, 0.15) is 23.7 Å². The van der Waals surface area contributed by atoms with Gasteiger partial charge in [-0.1, -0.05) is 0 Å². The van der Waals surface area contributed by atoms with Crippen molar-refractivity contribution in [3.05, 3.63) is 36.0 Å². The summed E-state index contributed by atoms with van der Waals surface area (Å²) >= 11 is 0. The van der Waals surface area contributed by atoms with Crippen molar-refractivity contribution in [2.45, 2.75) is 25.5 Å². The highest BCUT2D eigenvalue weighted by molar-refractivity contribution is 6.04. The van der Waals surface area contributed by atoms with E-state index < -0.39 is 0 Å². The lowest BCUT2D eigenvalue weighted by Crippen LogP contribution is -2.36. The number of hydrogen-bond donors (Lipinski definition) is 0. The lowest BCUT2D eigenvalue weighted by Gasteiger charge is -2.29. The van der Waals surface area contributed by atoms with Crippen LogP contribution in [-0.4, -0.2) is 42.9 Å². The number of nitrogens with zero attached hydrogens (tertiary/aromatic N) is 2. The lowest BCUT2D eigenvalue weighted by molar-refractivity contribution is 0.0528. The van der Waals surface area contributed by atoms with Crippen molar-refractivity contribution in [1.82, 2.24) is 4.98 Å². The van der Waals surface area contributed by atoms with E-state index >= 15 is 0 Å². The minimum atomic E-state index is -0.293. The van der Waals surface area contributed by atoms with Gasteiger partial charge in [0.15, 0.2) is 0 Å². The third kappa shape index (κ3) is 2.13. The third-order valence-electron chi connectivity index (χ3n) is 4.45. The fraction of sp³-hybridized carbons (Fsp3) is 0.412. The second-order valence-corrected chi connectivity index (χ2v) is 5.78. The molecule has 2 fully saturated rings. The third-order valence-corrected chi connectivity index (χ3v) is 4.45. The quantitative estimate of drug-likeness (QED) is 0.814. The van der Waals surface area contributed by atoms with Crippen molar-refractivity contribution in [3.8, 4) is 0 Å². The first-order chi connectivity index (χ1) is 10.8. The van der Waals surface area contributed by atoms with E-state index in [2.05, 4.69) is 22.0 Å². The molecule has 0 unspecified atom stereocenters. The number of aromatic nitrogens is 1. The second-order valence-electron chi connectivity index (χ2n) is 5.78. The number of carbonyl (C=O) groups is 1. The van der Waals surface area contributed by atoms with Gasteiger partial charge in [0.1, 0.15) is 0 Å². The molecule has 1 aromatic heterocycles. The monoisotopic (exact) mass is 298 g/mol. The Morgan fingerprint density at radius 3 is 3.09 bits per heavy atom. The summed E-state index contributed by atoms with van der Waals surface area (Å²) in [5.41, 5.74) is 2.52. The number of ether oxygens (including phenoxy) is 2. The van der Waals surface area contributed by atoms with Crippen LogP contribution in [0.5, 0.6) is 0 Å². The molecule has 0 radical (unpaired) electrons. The van der Waals surface area contributed by atoms with Crippen LogP contribution in [0, 0.1) is 0 Å². The molecule has 2 aromatic rings. The Kier molecular flexibility index (Phi) is 3.22. The molecule has 5 nitrogen and oxygen atoms in total. The zero-order valence-corrected chi connectivity index (χ0v) is 12.5. The molecule has 2 aliphatic rings. The largest absolute Gasteiger partial charge is 0.462 e. The first-order valence-electron chi connectivity index (χ1n) is 7.70. The number of morpholine rings is 1. The van der Waals surface area contributed by atoms with E-state index in [9.17, 15) is 4.79 Å². The van der Waals surface area contributed by atoms with E-state index in [1.807, 2.05) is 13.0 Å². The number of rotatable bonds is 3. The highest BCUT2D eigenvalue weighted by Gasteiger charge is 2.39. The van der Waals surface area contributed by atoms with Crippen molar-refractivity contribution in [3.63, 3.8) is 0 Å². The summed E-state index contributed by atoms with van der Waals surface area (Å²) in [6, 6.07) is 8.27. The van der Waals surface area contributed by atoms with Gasteiger partial charge in [-0.25, -0.2) is 4.79 Å². The van der Waals surface area contributed by atoms with Gasteiger partial charge in [0.05, 0.1) is 36.4 Å². The molecular weight excluding hydrogens is 280 g/mol. The Morgan fingerprint density at radius 2 is 2.36 bits per heavy atom. The highest BCUT2D eigenvalue weighted by atomic mass is 16.5. The zero-order chi connectivity index (χ0) is 15.1. The van der Waals surface area contributed by atoms with Crippen molar-refractivity contribution in [2.75, 3.05) is 24.7 Å².